The second-order valence-electron chi connectivity index (χ2n) is 8.53. The summed E-state index contributed by atoms with van der Waals surface area (Å²) in [5.41, 5.74) is 0.428. The van der Waals surface area contributed by atoms with E-state index in [4.69, 9.17) is 0 Å². The molecule has 2 aromatic rings. The minimum absolute atomic E-state index is 0.130. The Balaban J connectivity index is 1.40. The van der Waals surface area contributed by atoms with Gasteiger partial charge in [0, 0.05) is 43.3 Å². The number of carbonyl (C=O) groups is 2. The number of amides is 2. The third-order valence-electron chi connectivity index (χ3n) is 6.22. The van der Waals surface area contributed by atoms with Gasteiger partial charge < -0.3 is 10.2 Å². The van der Waals surface area contributed by atoms with Crippen LogP contribution in [0.2, 0.25) is 0 Å². The van der Waals surface area contributed by atoms with Gasteiger partial charge in [0.15, 0.2) is 5.13 Å². The van der Waals surface area contributed by atoms with E-state index in [1.165, 1.54) is 27.8 Å². The van der Waals surface area contributed by atoms with Gasteiger partial charge in [-0.3, -0.25) is 9.59 Å². The molecule has 2 aliphatic heterocycles. The average Bonchev–Trinajstić information content (AvgIpc) is 3.32. The van der Waals surface area contributed by atoms with Crippen LogP contribution in [0.25, 0.3) is 0 Å². The van der Waals surface area contributed by atoms with Crippen LogP contribution in [-0.2, 0) is 14.8 Å². The lowest BCUT2D eigenvalue weighted by Crippen LogP contribution is -2.43. The number of sulfonamides is 1. The van der Waals surface area contributed by atoms with Crippen molar-refractivity contribution in [2.24, 2.45) is 11.8 Å². The number of anilines is 1. The Morgan fingerprint density at radius 2 is 1.81 bits per heavy atom. The second kappa shape index (κ2) is 9.68. The molecule has 3 heterocycles. The standard InChI is InChI=1S/C22H28N4O4S2/c1-16-8-12-26(13-9-16)32(29,30)19-6-4-17(5-7-19)21(28)25-11-2-3-18(15-25)20(27)24-22-23-10-14-31-22/h4-7,10,14,16,18H,2-3,8-9,11-13,15H2,1H3,(H,23,24,27). The zero-order chi connectivity index (χ0) is 22.7. The first-order valence-corrected chi connectivity index (χ1v) is 13.3. The van der Waals surface area contributed by atoms with Gasteiger partial charge in [-0.25, -0.2) is 13.4 Å². The summed E-state index contributed by atoms with van der Waals surface area (Å²) >= 11 is 1.36. The van der Waals surface area contributed by atoms with E-state index in [9.17, 15) is 18.0 Å². The van der Waals surface area contributed by atoms with Crippen molar-refractivity contribution in [1.82, 2.24) is 14.2 Å². The Morgan fingerprint density at radius 3 is 2.47 bits per heavy atom. The minimum atomic E-state index is -3.55. The summed E-state index contributed by atoms with van der Waals surface area (Å²) in [6.45, 7) is 4.11. The number of benzene rings is 1. The largest absolute Gasteiger partial charge is 0.338 e. The fraction of sp³-hybridized carbons (Fsp3) is 0.500. The number of piperidine rings is 2. The highest BCUT2D eigenvalue weighted by Crippen LogP contribution is 2.25. The van der Waals surface area contributed by atoms with E-state index in [0.717, 1.165) is 19.3 Å². The van der Waals surface area contributed by atoms with Gasteiger partial charge >= 0.3 is 0 Å². The third kappa shape index (κ3) is 5.02. The molecule has 4 rings (SSSR count). The monoisotopic (exact) mass is 476 g/mol. The maximum Gasteiger partial charge on any atom is 0.253 e. The molecule has 1 unspecified atom stereocenters. The van der Waals surface area contributed by atoms with E-state index >= 15 is 0 Å². The number of thiazole rings is 1. The number of hydrogen-bond acceptors (Lipinski definition) is 6. The van der Waals surface area contributed by atoms with Gasteiger partial charge in [-0.2, -0.15) is 4.31 Å². The normalized spacial score (nSPS) is 20.8. The van der Waals surface area contributed by atoms with E-state index in [1.807, 2.05) is 0 Å². The molecule has 0 saturated carbocycles. The molecule has 2 fully saturated rings. The van der Waals surface area contributed by atoms with Crippen LogP contribution in [0, 0.1) is 11.8 Å². The van der Waals surface area contributed by atoms with Crippen LogP contribution in [0.1, 0.15) is 43.0 Å². The Hall–Kier alpha value is -2.30. The Labute approximate surface area is 192 Å². The summed E-state index contributed by atoms with van der Waals surface area (Å²) in [5.74, 6) is -0.0709. The van der Waals surface area contributed by atoms with Gasteiger partial charge in [0.05, 0.1) is 10.8 Å². The zero-order valence-electron chi connectivity index (χ0n) is 18.1. The first-order valence-electron chi connectivity index (χ1n) is 10.9. The summed E-state index contributed by atoms with van der Waals surface area (Å²) in [6.07, 6.45) is 4.81. The highest BCUT2D eigenvalue weighted by atomic mass is 32.2. The number of nitrogens with one attached hydrogen (secondary N) is 1. The fourth-order valence-corrected chi connectivity index (χ4v) is 6.20. The molecule has 1 N–H and O–H groups in total. The number of rotatable bonds is 5. The maximum absolute atomic E-state index is 13.0. The molecular formula is C22H28N4O4S2. The van der Waals surface area contributed by atoms with Crippen molar-refractivity contribution in [3.63, 3.8) is 0 Å². The third-order valence-corrected chi connectivity index (χ3v) is 8.82. The van der Waals surface area contributed by atoms with Gasteiger partial charge in [0.1, 0.15) is 0 Å². The lowest BCUT2D eigenvalue weighted by molar-refractivity contribution is -0.121. The minimum Gasteiger partial charge on any atom is -0.338 e. The van der Waals surface area contributed by atoms with Crippen LogP contribution in [0.3, 0.4) is 0 Å². The summed E-state index contributed by atoms with van der Waals surface area (Å²) < 4.78 is 27.3. The van der Waals surface area contributed by atoms with Gasteiger partial charge in [-0.1, -0.05) is 6.92 Å². The van der Waals surface area contributed by atoms with Crippen molar-refractivity contribution in [2.75, 3.05) is 31.5 Å². The van der Waals surface area contributed by atoms with E-state index in [0.29, 0.717) is 49.2 Å². The highest BCUT2D eigenvalue weighted by Gasteiger charge is 2.31. The molecule has 0 spiro atoms. The number of likely N-dealkylation sites (tertiary alicyclic amines) is 1. The molecule has 1 aromatic heterocycles. The maximum atomic E-state index is 13.0. The van der Waals surface area contributed by atoms with Gasteiger partial charge in [0.25, 0.3) is 5.91 Å². The van der Waals surface area contributed by atoms with Crippen molar-refractivity contribution >= 4 is 38.3 Å². The molecule has 2 amide bonds. The summed E-state index contributed by atoms with van der Waals surface area (Å²) in [5, 5.41) is 5.16. The van der Waals surface area contributed by atoms with E-state index in [2.05, 4.69) is 17.2 Å². The summed E-state index contributed by atoms with van der Waals surface area (Å²) in [4.78, 5) is 31.5. The summed E-state index contributed by atoms with van der Waals surface area (Å²) in [6, 6.07) is 6.16. The molecule has 172 valence electrons. The predicted octanol–water partition coefficient (Wildman–Crippen LogP) is 3.05. The molecule has 0 radical (unpaired) electrons. The van der Waals surface area contributed by atoms with Gasteiger partial charge in [-0.05, 0) is 55.9 Å². The Morgan fingerprint density at radius 1 is 1.09 bits per heavy atom. The lowest BCUT2D eigenvalue weighted by Gasteiger charge is -2.32. The average molecular weight is 477 g/mol. The molecule has 1 aromatic carbocycles. The molecule has 2 saturated heterocycles. The van der Waals surface area contributed by atoms with Crippen molar-refractivity contribution in [2.45, 2.75) is 37.5 Å². The number of aromatic nitrogens is 1. The molecule has 1 atom stereocenters. The lowest BCUT2D eigenvalue weighted by atomic mass is 9.96. The number of carbonyl (C=O) groups excluding carboxylic acids is 2. The van der Waals surface area contributed by atoms with E-state index in [1.54, 1.807) is 28.6 Å². The Bertz CT molecular complexity index is 1050. The molecule has 10 heteroatoms. The Kier molecular flexibility index (Phi) is 6.92. The second-order valence-corrected chi connectivity index (χ2v) is 11.4. The highest BCUT2D eigenvalue weighted by molar-refractivity contribution is 7.89. The van der Waals surface area contributed by atoms with E-state index in [-0.39, 0.29) is 22.6 Å². The summed E-state index contributed by atoms with van der Waals surface area (Å²) in [7, 11) is -3.55. The molecule has 32 heavy (non-hydrogen) atoms. The van der Waals surface area contributed by atoms with Crippen LogP contribution in [0.4, 0.5) is 5.13 Å². The van der Waals surface area contributed by atoms with Crippen LogP contribution >= 0.6 is 11.3 Å². The molecule has 8 nitrogen and oxygen atoms in total. The quantitative estimate of drug-likeness (QED) is 0.715. The first kappa shape index (κ1) is 22.9. The molecule has 0 bridgehead atoms. The molecular weight excluding hydrogens is 448 g/mol. The van der Waals surface area contributed by atoms with Crippen molar-refractivity contribution in [3.8, 4) is 0 Å². The van der Waals surface area contributed by atoms with Crippen LogP contribution < -0.4 is 5.32 Å². The van der Waals surface area contributed by atoms with Gasteiger partial charge in [0.2, 0.25) is 15.9 Å². The van der Waals surface area contributed by atoms with Crippen LogP contribution in [0.15, 0.2) is 40.7 Å². The topological polar surface area (TPSA) is 99.7 Å². The molecule has 2 aliphatic rings. The molecule has 0 aliphatic carbocycles. The predicted molar refractivity (Wildman–Crippen MR) is 123 cm³/mol. The fourth-order valence-electron chi connectivity index (χ4n) is 4.19. The van der Waals surface area contributed by atoms with Crippen LogP contribution in [-0.4, -0.2) is 60.6 Å². The number of nitrogens with zero attached hydrogens (tertiary/aromatic N) is 3. The number of hydrogen-bond donors (Lipinski definition) is 1. The first-order chi connectivity index (χ1) is 15.3. The zero-order valence-corrected chi connectivity index (χ0v) is 19.7. The van der Waals surface area contributed by atoms with Crippen molar-refractivity contribution in [1.29, 1.82) is 0 Å². The van der Waals surface area contributed by atoms with Gasteiger partial charge in [-0.15, -0.1) is 11.3 Å². The van der Waals surface area contributed by atoms with Crippen LogP contribution in [0.5, 0.6) is 0 Å². The van der Waals surface area contributed by atoms with E-state index < -0.39 is 10.0 Å². The van der Waals surface area contributed by atoms with Crippen molar-refractivity contribution < 1.29 is 18.0 Å². The van der Waals surface area contributed by atoms with Crippen molar-refractivity contribution in [3.05, 3.63) is 41.4 Å². The SMILES string of the molecule is CC1CCN(S(=O)(=O)c2ccc(C(=O)N3CCCC(C(=O)Nc4nccs4)C3)cc2)CC1. The smallest absolute Gasteiger partial charge is 0.253 e.